The number of thiocarbonyl (C=S) groups is 1. The molecule has 0 aliphatic rings. The van der Waals surface area contributed by atoms with Crippen molar-refractivity contribution < 1.29 is 19.1 Å². The summed E-state index contributed by atoms with van der Waals surface area (Å²) in [6.45, 7) is 3.25. The van der Waals surface area contributed by atoms with Crippen LogP contribution < -0.4 is 10.6 Å². The number of aromatic nitrogens is 1. The van der Waals surface area contributed by atoms with Crippen molar-refractivity contribution in [1.82, 2.24) is 15.2 Å². The van der Waals surface area contributed by atoms with Gasteiger partial charge in [0, 0.05) is 29.5 Å². The highest BCUT2D eigenvalue weighted by Crippen LogP contribution is 2.36. The first kappa shape index (κ1) is 32.3. The maximum atomic E-state index is 14.1. The van der Waals surface area contributed by atoms with E-state index in [2.05, 4.69) is 15.6 Å². The number of carbonyl (C=O) groups excluding carboxylic acids is 3. The van der Waals surface area contributed by atoms with Gasteiger partial charge in [0.2, 0.25) is 15.6 Å². The molecule has 3 rings (SSSR count). The van der Waals surface area contributed by atoms with Crippen LogP contribution in [-0.2, 0) is 19.1 Å². The highest BCUT2D eigenvalue weighted by Gasteiger charge is 2.46. The number of pyridine rings is 1. The molecule has 0 aliphatic carbocycles. The molecule has 12 heteroatoms. The van der Waals surface area contributed by atoms with Crippen molar-refractivity contribution in [3.05, 3.63) is 78.5 Å². The number of rotatable bonds is 9. The van der Waals surface area contributed by atoms with Crippen LogP contribution in [0.4, 0.5) is 5.69 Å². The maximum absolute atomic E-state index is 14.1. The molecule has 216 valence electrons. The lowest BCUT2D eigenvalue weighted by molar-refractivity contribution is -0.143. The normalized spacial score (nSPS) is 12.5. The lowest BCUT2D eigenvalue weighted by atomic mass is 9.86. The molecule has 0 bridgehead atoms. The Balaban J connectivity index is 2.00. The van der Waals surface area contributed by atoms with E-state index in [0.29, 0.717) is 11.2 Å². The fourth-order valence-electron chi connectivity index (χ4n) is 3.87. The van der Waals surface area contributed by atoms with Gasteiger partial charge in [0.25, 0.3) is 0 Å². The van der Waals surface area contributed by atoms with Gasteiger partial charge in [0.15, 0.2) is 11.3 Å². The van der Waals surface area contributed by atoms with Crippen LogP contribution >= 0.6 is 47.0 Å². The zero-order chi connectivity index (χ0) is 30.2. The molecule has 0 aliphatic heterocycles. The molecule has 1 unspecified atom stereocenters. The number of halogens is 3. The highest BCUT2D eigenvalue weighted by atomic mass is 35.6. The average molecular weight is 636 g/mol. The molecule has 1 heterocycles. The van der Waals surface area contributed by atoms with Gasteiger partial charge in [0.05, 0.1) is 18.3 Å². The lowest BCUT2D eigenvalue weighted by Crippen LogP contribution is -2.62. The zero-order valence-corrected chi connectivity index (χ0v) is 25.7. The molecular formula is C29H29Cl3N4O4S. The molecule has 1 aromatic heterocycles. The van der Waals surface area contributed by atoms with E-state index in [1.807, 2.05) is 42.5 Å². The summed E-state index contributed by atoms with van der Waals surface area (Å²) in [6.07, 6.45) is 2.99. The number of carbonyl (C=O) groups is 3. The highest BCUT2D eigenvalue weighted by molar-refractivity contribution is 7.80. The molecule has 2 N–H and O–H groups in total. The second-order valence-corrected chi connectivity index (χ2v) is 12.4. The summed E-state index contributed by atoms with van der Waals surface area (Å²) in [5, 5.41) is 6.32. The van der Waals surface area contributed by atoms with E-state index in [9.17, 15) is 14.4 Å². The third-order valence-corrected chi connectivity index (χ3v) is 7.07. The molecule has 0 fully saturated rings. The number of hydrogen-bond acceptors (Lipinski definition) is 6. The third kappa shape index (κ3) is 8.87. The monoisotopic (exact) mass is 634 g/mol. The minimum Gasteiger partial charge on any atom is -0.469 e. The van der Waals surface area contributed by atoms with Gasteiger partial charge >= 0.3 is 5.97 Å². The maximum Gasteiger partial charge on any atom is 0.305 e. The Morgan fingerprint density at radius 2 is 1.73 bits per heavy atom. The topological polar surface area (TPSA) is 101 Å². The number of methoxy groups -OCH3 is 1. The van der Waals surface area contributed by atoms with Gasteiger partial charge in [-0.1, -0.05) is 97.2 Å². The number of anilines is 1. The van der Waals surface area contributed by atoms with Gasteiger partial charge in [0.1, 0.15) is 0 Å². The number of fused-ring (bicyclic) bond motifs is 1. The summed E-state index contributed by atoms with van der Waals surface area (Å²) in [7, 11) is 1.26. The Morgan fingerprint density at radius 3 is 2.39 bits per heavy atom. The van der Waals surface area contributed by atoms with Crippen LogP contribution in [0.15, 0.2) is 72.9 Å². The molecule has 2 amide bonds. The number of alkyl halides is 3. The Labute approximate surface area is 259 Å². The fourth-order valence-corrected chi connectivity index (χ4v) is 4.62. The van der Waals surface area contributed by atoms with E-state index in [1.54, 1.807) is 44.3 Å². The number of nitrogens with one attached hydrogen (secondary N) is 2. The summed E-state index contributed by atoms with van der Waals surface area (Å²) in [5.74, 6) is -1.72. The Kier molecular flexibility index (Phi) is 11.1. The van der Waals surface area contributed by atoms with Crippen LogP contribution in [-0.4, -0.2) is 49.8 Å². The Bertz CT molecular complexity index is 1440. The largest absolute Gasteiger partial charge is 0.469 e. The van der Waals surface area contributed by atoms with Gasteiger partial charge in [-0.25, -0.2) is 0 Å². The second-order valence-electron chi connectivity index (χ2n) is 9.64. The predicted octanol–water partition coefficient (Wildman–Crippen LogP) is 6.27. The second kappa shape index (κ2) is 14.1. The third-order valence-electron chi connectivity index (χ3n) is 6.15. The lowest BCUT2D eigenvalue weighted by Gasteiger charge is -2.40. The predicted molar refractivity (Wildman–Crippen MR) is 168 cm³/mol. The number of hydrogen-bond donors (Lipinski definition) is 2. The van der Waals surface area contributed by atoms with Crippen molar-refractivity contribution in [2.75, 3.05) is 12.4 Å². The van der Waals surface area contributed by atoms with Crippen molar-refractivity contribution in [3.8, 4) is 0 Å². The number of ether oxygens (including phenoxy) is 1. The van der Waals surface area contributed by atoms with Gasteiger partial charge in [-0.05, 0) is 42.4 Å². The van der Waals surface area contributed by atoms with Crippen LogP contribution in [0.2, 0.25) is 0 Å². The van der Waals surface area contributed by atoms with E-state index in [1.165, 1.54) is 13.2 Å². The van der Waals surface area contributed by atoms with Crippen LogP contribution in [0.25, 0.3) is 17.0 Å². The first-order chi connectivity index (χ1) is 19.3. The molecule has 1 atom stereocenters. The Hall–Kier alpha value is -3.24. The minimum absolute atomic E-state index is 0.0406. The van der Waals surface area contributed by atoms with Crippen LogP contribution in [0, 0.1) is 5.41 Å². The zero-order valence-electron chi connectivity index (χ0n) is 22.6. The summed E-state index contributed by atoms with van der Waals surface area (Å²) in [5.41, 5.74) is 0.674. The number of benzene rings is 2. The van der Waals surface area contributed by atoms with Gasteiger partial charge in [-0.3, -0.25) is 24.3 Å². The van der Waals surface area contributed by atoms with E-state index in [4.69, 9.17) is 51.8 Å². The molecule has 41 heavy (non-hydrogen) atoms. The van der Waals surface area contributed by atoms with Crippen molar-refractivity contribution in [1.29, 1.82) is 0 Å². The van der Waals surface area contributed by atoms with E-state index < -0.39 is 33.2 Å². The number of amides is 2. The molecule has 0 saturated carbocycles. The smallest absolute Gasteiger partial charge is 0.305 e. The van der Waals surface area contributed by atoms with Crippen LogP contribution in [0.1, 0.15) is 32.3 Å². The molecule has 8 nitrogen and oxygen atoms in total. The summed E-state index contributed by atoms with van der Waals surface area (Å²) in [4.78, 5) is 44.4. The van der Waals surface area contributed by atoms with E-state index in [-0.39, 0.29) is 18.0 Å². The SMILES string of the molecule is COC(=O)CCC(C)(C)C(=O)N(C(=S)Nc1cccc2cccnc12)C(NC(=O)/C=C/c1ccccc1)C(Cl)(Cl)Cl. The first-order valence-electron chi connectivity index (χ1n) is 12.5. The standard InChI is InChI=1S/C29H29Cl3N4O4S/c1-28(2,17-16-23(38)40-3)26(39)36(27(41)34-21-13-7-11-20-12-8-18-33-24(20)21)25(29(30,31)32)35-22(37)15-14-19-9-5-4-6-10-19/h4-15,18,25H,16-17H2,1-3H3,(H,34,41)(H,35,37)/b15-14+. The Morgan fingerprint density at radius 1 is 1.05 bits per heavy atom. The number of para-hydroxylation sites is 1. The molecule has 0 spiro atoms. The molecule has 0 radical (unpaired) electrons. The minimum atomic E-state index is -2.22. The van der Waals surface area contributed by atoms with Crippen molar-refractivity contribution in [3.63, 3.8) is 0 Å². The van der Waals surface area contributed by atoms with Gasteiger partial charge < -0.3 is 15.4 Å². The van der Waals surface area contributed by atoms with Crippen molar-refractivity contribution in [2.45, 2.75) is 36.6 Å². The molecule has 0 saturated heterocycles. The first-order valence-corrected chi connectivity index (χ1v) is 14.0. The number of esters is 1. The molecular weight excluding hydrogens is 607 g/mol. The molecule has 3 aromatic rings. The van der Waals surface area contributed by atoms with Crippen molar-refractivity contribution >= 4 is 92.6 Å². The van der Waals surface area contributed by atoms with Gasteiger partial charge in [-0.2, -0.15) is 0 Å². The van der Waals surface area contributed by atoms with Crippen molar-refractivity contribution in [2.24, 2.45) is 5.41 Å². The average Bonchev–Trinajstić information content (AvgIpc) is 2.94. The fraction of sp³-hybridized carbons (Fsp3) is 0.276. The van der Waals surface area contributed by atoms with E-state index >= 15 is 0 Å². The van der Waals surface area contributed by atoms with Gasteiger partial charge in [-0.15, -0.1) is 0 Å². The number of nitrogens with zero attached hydrogens (tertiary/aromatic N) is 2. The summed E-state index contributed by atoms with van der Waals surface area (Å²) >= 11 is 24.8. The summed E-state index contributed by atoms with van der Waals surface area (Å²) in [6, 6.07) is 18.2. The van der Waals surface area contributed by atoms with E-state index in [0.717, 1.165) is 15.8 Å². The quantitative estimate of drug-likeness (QED) is 0.0941. The van der Waals surface area contributed by atoms with Crippen LogP contribution in [0.3, 0.4) is 0 Å². The molecule has 2 aromatic carbocycles. The van der Waals surface area contributed by atoms with Crippen LogP contribution in [0.5, 0.6) is 0 Å². The summed E-state index contributed by atoms with van der Waals surface area (Å²) < 4.78 is 2.52.